The van der Waals surface area contributed by atoms with Crippen LogP contribution in [0.25, 0.3) is 6.08 Å². The van der Waals surface area contributed by atoms with Crippen LogP contribution in [0.5, 0.6) is 0 Å². The van der Waals surface area contributed by atoms with Gasteiger partial charge < -0.3 is 10.4 Å². The molecular weight excluding hydrogens is 262 g/mol. The lowest BCUT2D eigenvalue weighted by molar-refractivity contribution is -0.116. The van der Waals surface area contributed by atoms with Crippen molar-refractivity contribution in [3.63, 3.8) is 0 Å². The highest BCUT2D eigenvalue weighted by Gasteiger charge is 2.19. The van der Waals surface area contributed by atoms with E-state index in [2.05, 4.69) is 31.3 Å². The predicted molar refractivity (Wildman–Crippen MR) is 85.9 cm³/mol. The molecule has 0 spiro atoms. The molecule has 0 aliphatic heterocycles. The quantitative estimate of drug-likeness (QED) is 0.836. The van der Waals surface area contributed by atoms with Gasteiger partial charge in [0.2, 0.25) is 5.91 Å². The summed E-state index contributed by atoms with van der Waals surface area (Å²) < 4.78 is 0. The SMILES string of the molecule is Cc1ccc(/C=C/C(=O)NCC2CCC(O)CC2)c(C)c1. The lowest BCUT2D eigenvalue weighted by atomic mass is 9.87. The average molecular weight is 287 g/mol. The monoisotopic (exact) mass is 287 g/mol. The molecule has 3 heteroatoms. The molecule has 1 fully saturated rings. The molecule has 0 unspecified atom stereocenters. The number of rotatable bonds is 4. The van der Waals surface area contributed by atoms with E-state index in [-0.39, 0.29) is 12.0 Å². The fraction of sp³-hybridized carbons (Fsp3) is 0.500. The van der Waals surface area contributed by atoms with Gasteiger partial charge in [-0.15, -0.1) is 0 Å². The van der Waals surface area contributed by atoms with Crippen LogP contribution in [0.4, 0.5) is 0 Å². The molecule has 0 saturated heterocycles. The van der Waals surface area contributed by atoms with Crippen molar-refractivity contribution in [2.24, 2.45) is 5.92 Å². The largest absolute Gasteiger partial charge is 0.393 e. The van der Waals surface area contributed by atoms with Crippen molar-refractivity contribution < 1.29 is 9.90 Å². The summed E-state index contributed by atoms with van der Waals surface area (Å²) in [5.74, 6) is 0.466. The Bertz CT molecular complexity index is 514. The van der Waals surface area contributed by atoms with Crippen LogP contribution in [0.1, 0.15) is 42.4 Å². The highest BCUT2D eigenvalue weighted by molar-refractivity contribution is 5.91. The van der Waals surface area contributed by atoms with Crippen molar-refractivity contribution in [1.82, 2.24) is 5.32 Å². The van der Waals surface area contributed by atoms with Crippen molar-refractivity contribution in [2.75, 3.05) is 6.54 Å². The second-order valence-corrected chi connectivity index (χ2v) is 6.11. The average Bonchev–Trinajstić information content (AvgIpc) is 2.46. The number of carbonyl (C=O) groups excluding carboxylic acids is 1. The zero-order valence-corrected chi connectivity index (χ0v) is 12.9. The summed E-state index contributed by atoms with van der Waals surface area (Å²) >= 11 is 0. The smallest absolute Gasteiger partial charge is 0.244 e. The normalized spacial score (nSPS) is 22.4. The number of aliphatic hydroxyl groups excluding tert-OH is 1. The second kappa shape index (κ2) is 7.41. The van der Waals surface area contributed by atoms with E-state index >= 15 is 0 Å². The van der Waals surface area contributed by atoms with Gasteiger partial charge in [0.15, 0.2) is 0 Å². The molecule has 2 rings (SSSR count). The summed E-state index contributed by atoms with van der Waals surface area (Å²) in [5.41, 5.74) is 3.49. The van der Waals surface area contributed by atoms with Crippen molar-refractivity contribution in [1.29, 1.82) is 0 Å². The van der Waals surface area contributed by atoms with Gasteiger partial charge >= 0.3 is 0 Å². The van der Waals surface area contributed by atoms with Crippen molar-refractivity contribution in [3.05, 3.63) is 41.0 Å². The zero-order valence-electron chi connectivity index (χ0n) is 12.9. The van der Waals surface area contributed by atoms with Crippen LogP contribution in [-0.4, -0.2) is 23.7 Å². The molecule has 1 amide bonds. The Balaban J connectivity index is 1.80. The first kappa shape index (κ1) is 15.8. The number of hydrogen-bond acceptors (Lipinski definition) is 2. The summed E-state index contributed by atoms with van der Waals surface area (Å²) in [6.07, 6.45) is 7.06. The molecule has 0 heterocycles. The molecule has 0 atom stereocenters. The topological polar surface area (TPSA) is 49.3 Å². The summed E-state index contributed by atoms with van der Waals surface area (Å²) in [5, 5.41) is 12.4. The third-order valence-corrected chi connectivity index (χ3v) is 4.22. The molecule has 3 nitrogen and oxygen atoms in total. The van der Waals surface area contributed by atoms with Gasteiger partial charge in [-0.1, -0.05) is 23.8 Å². The summed E-state index contributed by atoms with van der Waals surface area (Å²) in [4.78, 5) is 11.9. The van der Waals surface area contributed by atoms with Crippen LogP contribution in [0, 0.1) is 19.8 Å². The van der Waals surface area contributed by atoms with Gasteiger partial charge in [-0.05, 0) is 62.7 Å². The first-order valence-corrected chi connectivity index (χ1v) is 7.76. The highest BCUT2D eigenvalue weighted by Crippen LogP contribution is 2.23. The fourth-order valence-corrected chi connectivity index (χ4v) is 2.83. The minimum atomic E-state index is -0.138. The van der Waals surface area contributed by atoms with E-state index in [9.17, 15) is 9.90 Å². The predicted octanol–water partition coefficient (Wildman–Crippen LogP) is 2.98. The van der Waals surface area contributed by atoms with Gasteiger partial charge in [0, 0.05) is 12.6 Å². The highest BCUT2D eigenvalue weighted by atomic mass is 16.3. The van der Waals surface area contributed by atoms with Gasteiger partial charge in [-0.2, -0.15) is 0 Å². The van der Waals surface area contributed by atoms with Crippen molar-refractivity contribution in [3.8, 4) is 0 Å². The van der Waals surface area contributed by atoms with Crippen LogP contribution >= 0.6 is 0 Å². The van der Waals surface area contributed by atoms with Crippen LogP contribution in [0.2, 0.25) is 0 Å². The Kier molecular flexibility index (Phi) is 5.57. The van der Waals surface area contributed by atoms with Gasteiger partial charge in [0.25, 0.3) is 0 Å². The van der Waals surface area contributed by atoms with Gasteiger partial charge in [0.05, 0.1) is 6.10 Å². The number of hydrogen-bond donors (Lipinski definition) is 2. The molecule has 1 aliphatic carbocycles. The number of amides is 1. The van der Waals surface area contributed by atoms with Crippen molar-refractivity contribution >= 4 is 12.0 Å². The number of aryl methyl sites for hydroxylation is 2. The minimum absolute atomic E-state index is 0.0407. The standard InChI is InChI=1S/C18H25NO2/c1-13-3-6-16(14(2)11-13)7-10-18(21)19-12-15-4-8-17(20)9-5-15/h3,6-7,10-11,15,17,20H,4-5,8-9,12H2,1-2H3,(H,19,21)/b10-7+. The van der Waals surface area contributed by atoms with E-state index in [0.717, 1.165) is 31.2 Å². The Morgan fingerprint density at radius 2 is 2.00 bits per heavy atom. The van der Waals surface area contributed by atoms with Gasteiger partial charge in [-0.3, -0.25) is 4.79 Å². The molecule has 114 valence electrons. The Morgan fingerprint density at radius 3 is 2.67 bits per heavy atom. The van der Waals surface area contributed by atoms with E-state index in [1.54, 1.807) is 6.08 Å². The minimum Gasteiger partial charge on any atom is -0.393 e. The zero-order chi connectivity index (χ0) is 15.2. The second-order valence-electron chi connectivity index (χ2n) is 6.11. The lowest BCUT2D eigenvalue weighted by Gasteiger charge is -2.25. The molecule has 21 heavy (non-hydrogen) atoms. The number of aliphatic hydroxyl groups is 1. The van der Waals surface area contributed by atoms with Crippen molar-refractivity contribution in [2.45, 2.75) is 45.6 Å². The number of carbonyl (C=O) groups is 1. The molecule has 0 bridgehead atoms. The first-order chi connectivity index (χ1) is 10.0. The molecule has 0 radical (unpaired) electrons. The number of nitrogens with one attached hydrogen (secondary N) is 1. The van der Waals surface area contributed by atoms with E-state index in [0.29, 0.717) is 12.5 Å². The van der Waals surface area contributed by atoms with Crippen LogP contribution in [0.3, 0.4) is 0 Å². The summed E-state index contributed by atoms with van der Waals surface area (Å²) in [7, 11) is 0. The summed E-state index contributed by atoms with van der Waals surface area (Å²) in [6.45, 7) is 4.83. The molecular formula is C18H25NO2. The Labute approximate surface area is 127 Å². The third-order valence-electron chi connectivity index (χ3n) is 4.22. The first-order valence-electron chi connectivity index (χ1n) is 7.76. The number of benzene rings is 1. The maximum atomic E-state index is 11.9. The van der Waals surface area contributed by atoms with Crippen LogP contribution < -0.4 is 5.32 Å². The van der Waals surface area contributed by atoms with E-state index in [4.69, 9.17) is 0 Å². The van der Waals surface area contributed by atoms with Crippen LogP contribution in [-0.2, 0) is 4.79 Å². The fourth-order valence-electron chi connectivity index (χ4n) is 2.83. The molecule has 1 aromatic carbocycles. The summed E-state index contributed by atoms with van der Waals surface area (Å²) in [6, 6.07) is 6.21. The van der Waals surface area contributed by atoms with E-state index < -0.39 is 0 Å². The maximum Gasteiger partial charge on any atom is 0.244 e. The maximum absolute atomic E-state index is 11.9. The molecule has 1 saturated carbocycles. The third kappa shape index (κ3) is 5.01. The Hall–Kier alpha value is -1.61. The van der Waals surface area contributed by atoms with Gasteiger partial charge in [-0.25, -0.2) is 0 Å². The van der Waals surface area contributed by atoms with Gasteiger partial charge in [0.1, 0.15) is 0 Å². The molecule has 1 aromatic rings. The van der Waals surface area contributed by atoms with E-state index in [1.807, 2.05) is 12.1 Å². The Morgan fingerprint density at radius 1 is 1.29 bits per heavy atom. The molecule has 0 aromatic heterocycles. The van der Waals surface area contributed by atoms with E-state index in [1.165, 1.54) is 11.1 Å². The lowest BCUT2D eigenvalue weighted by Crippen LogP contribution is -2.31. The molecule has 2 N–H and O–H groups in total. The van der Waals surface area contributed by atoms with Crippen LogP contribution in [0.15, 0.2) is 24.3 Å². The molecule has 1 aliphatic rings.